The van der Waals surface area contributed by atoms with Gasteiger partial charge in [-0.15, -0.1) is 0 Å². The van der Waals surface area contributed by atoms with Crippen molar-refractivity contribution in [2.75, 3.05) is 42.8 Å². The normalized spacial score (nSPS) is 12.7. The van der Waals surface area contributed by atoms with E-state index >= 15 is 0 Å². The molecule has 2 amide bonds. The molecule has 0 bridgehead atoms. The Morgan fingerprint density at radius 3 is 2.81 bits per heavy atom. The van der Waals surface area contributed by atoms with Crippen molar-refractivity contribution in [2.24, 2.45) is 0 Å². The molecule has 1 aliphatic rings. The summed E-state index contributed by atoms with van der Waals surface area (Å²) in [6, 6.07) is 3.45. The number of carbonyl (C=O) groups is 1. The molecule has 10 nitrogen and oxygen atoms in total. The molecule has 0 spiro atoms. The third-order valence-corrected chi connectivity index (χ3v) is 4.49. The molecule has 0 atom stereocenters. The molecule has 0 saturated carbocycles. The molecular weight excluding hydrogens is 431 g/mol. The fraction of sp³-hybridized carbons (Fsp3) is 0.316. The van der Waals surface area contributed by atoms with Crippen molar-refractivity contribution < 1.29 is 27.4 Å². The molecule has 1 aliphatic heterocycles. The Hall–Kier alpha value is -3.90. The number of nitrogens with one attached hydrogen (secondary N) is 4. The number of benzene rings is 1. The first-order valence-corrected chi connectivity index (χ1v) is 9.70. The lowest BCUT2D eigenvalue weighted by atomic mass is 10.2. The predicted molar refractivity (Wildman–Crippen MR) is 111 cm³/mol. The second kappa shape index (κ2) is 9.08. The van der Waals surface area contributed by atoms with Crippen LogP contribution in [0.25, 0.3) is 5.65 Å². The highest BCUT2D eigenvalue weighted by molar-refractivity contribution is 5.93. The van der Waals surface area contributed by atoms with E-state index in [1.165, 1.54) is 22.8 Å². The summed E-state index contributed by atoms with van der Waals surface area (Å²) in [4.78, 5) is 16.5. The molecule has 0 radical (unpaired) electrons. The Balaban J connectivity index is 1.62. The highest BCUT2D eigenvalue weighted by Crippen LogP contribution is 2.40. The molecule has 3 aromatic rings. The van der Waals surface area contributed by atoms with Crippen molar-refractivity contribution in [3.8, 4) is 11.5 Å². The molecule has 3 heterocycles. The molecule has 0 fully saturated rings. The third kappa shape index (κ3) is 4.55. The van der Waals surface area contributed by atoms with Gasteiger partial charge in [0.1, 0.15) is 36.4 Å². The van der Waals surface area contributed by atoms with Gasteiger partial charge in [0.2, 0.25) is 6.43 Å². The zero-order valence-corrected chi connectivity index (χ0v) is 16.9. The number of urea groups is 1. The van der Waals surface area contributed by atoms with Crippen LogP contribution < -0.4 is 30.7 Å². The molecule has 2 aromatic heterocycles. The maximum absolute atomic E-state index is 14.0. The number of hydrogen-bond acceptors (Lipinski definition) is 7. The van der Waals surface area contributed by atoms with Gasteiger partial charge in [0.05, 0.1) is 11.9 Å². The molecule has 4 N–H and O–H groups in total. The van der Waals surface area contributed by atoms with Crippen LogP contribution in [0.2, 0.25) is 0 Å². The fourth-order valence-electron chi connectivity index (χ4n) is 3.11. The largest absolute Gasteiger partial charge is 0.486 e. The minimum Gasteiger partial charge on any atom is -0.486 e. The van der Waals surface area contributed by atoms with Gasteiger partial charge in [0.15, 0.2) is 17.1 Å². The van der Waals surface area contributed by atoms with Crippen molar-refractivity contribution in [1.29, 1.82) is 0 Å². The van der Waals surface area contributed by atoms with Crippen LogP contribution in [0.15, 0.2) is 24.4 Å². The quantitative estimate of drug-likeness (QED) is 0.436. The molecule has 4 rings (SSSR count). The van der Waals surface area contributed by atoms with Gasteiger partial charge in [-0.05, 0) is 0 Å². The van der Waals surface area contributed by atoms with Crippen molar-refractivity contribution in [3.05, 3.63) is 30.2 Å². The fourth-order valence-corrected chi connectivity index (χ4v) is 3.11. The number of anilines is 4. The van der Waals surface area contributed by atoms with Gasteiger partial charge in [-0.1, -0.05) is 0 Å². The lowest BCUT2D eigenvalue weighted by molar-refractivity contribution is 0.138. The zero-order chi connectivity index (χ0) is 22.7. The van der Waals surface area contributed by atoms with Crippen LogP contribution in [0.3, 0.4) is 0 Å². The van der Waals surface area contributed by atoms with E-state index in [0.29, 0.717) is 36.3 Å². The lowest BCUT2D eigenvalue weighted by Crippen LogP contribution is -2.30. The van der Waals surface area contributed by atoms with E-state index in [2.05, 4.69) is 31.3 Å². The SMILES string of the molecule is CNc1cc(Nc2cc(F)cc3c2OCCO3)nc2c(NC(=O)NCCC(F)F)cnn12. The standard InChI is InChI=1S/C19H20F3N7O3/c1-23-16-8-15(26-11-6-10(20)7-13-17(11)32-5-4-31-13)28-18-12(9-25-29(16)18)27-19(30)24-3-2-14(21)22/h6-9,14,23H,2-5H2,1H3,(H,26,28)(H2,24,27,30). The number of rotatable bonds is 7. The van der Waals surface area contributed by atoms with Crippen LogP contribution in [0, 0.1) is 5.82 Å². The van der Waals surface area contributed by atoms with Gasteiger partial charge in [-0.25, -0.2) is 22.9 Å². The van der Waals surface area contributed by atoms with Crippen LogP contribution in [0.4, 0.5) is 41.0 Å². The Bertz CT molecular complexity index is 1140. The summed E-state index contributed by atoms with van der Waals surface area (Å²) in [5.74, 6) is 0.951. The minimum absolute atomic E-state index is 0.183. The van der Waals surface area contributed by atoms with E-state index in [0.717, 1.165) is 0 Å². The maximum atomic E-state index is 14.0. The highest BCUT2D eigenvalue weighted by Gasteiger charge is 2.20. The second-order valence-corrected chi connectivity index (χ2v) is 6.73. The van der Waals surface area contributed by atoms with Crippen molar-refractivity contribution >= 4 is 34.7 Å². The van der Waals surface area contributed by atoms with Gasteiger partial charge in [-0.2, -0.15) is 9.61 Å². The number of halogens is 3. The maximum Gasteiger partial charge on any atom is 0.319 e. The summed E-state index contributed by atoms with van der Waals surface area (Å²) in [6.45, 7) is 0.449. The minimum atomic E-state index is -2.51. The van der Waals surface area contributed by atoms with E-state index < -0.39 is 24.7 Å². The Morgan fingerprint density at radius 2 is 2.03 bits per heavy atom. The summed E-state index contributed by atoms with van der Waals surface area (Å²) in [7, 11) is 1.67. The number of nitrogens with zero attached hydrogens (tertiary/aromatic N) is 3. The van der Waals surface area contributed by atoms with Crippen LogP contribution >= 0.6 is 0 Å². The van der Waals surface area contributed by atoms with Crippen LogP contribution in [0.1, 0.15) is 6.42 Å². The topological polar surface area (TPSA) is 114 Å². The van der Waals surface area contributed by atoms with E-state index in [4.69, 9.17) is 9.47 Å². The van der Waals surface area contributed by atoms with E-state index in [9.17, 15) is 18.0 Å². The van der Waals surface area contributed by atoms with Gasteiger partial charge in [0.25, 0.3) is 0 Å². The highest BCUT2D eigenvalue weighted by atomic mass is 19.3. The van der Waals surface area contributed by atoms with Gasteiger partial charge in [0, 0.05) is 38.2 Å². The first-order chi connectivity index (χ1) is 15.4. The van der Waals surface area contributed by atoms with Crippen LogP contribution in [-0.4, -0.2) is 53.9 Å². The molecule has 170 valence electrons. The monoisotopic (exact) mass is 451 g/mol. The molecule has 0 saturated heterocycles. The number of ether oxygens (including phenoxy) is 2. The smallest absolute Gasteiger partial charge is 0.319 e. The molecular formula is C19H20F3N7O3. The second-order valence-electron chi connectivity index (χ2n) is 6.73. The summed E-state index contributed by atoms with van der Waals surface area (Å²) in [5.41, 5.74) is 0.837. The number of hydrogen-bond donors (Lipinski definition) is 4. The molecule has 32 heavy (non-hydrogen) atoms. The molecule has 13 heteroatoms. The number of carbonyl (C=O) groups excluding carboxylic acids is 1. The summed E-state index contributed by atoms with van der Waals surface area (Å²) in [5, 5.41) is 15.0. The number of fused-ring (bicyclic) bond motifs is 2. The first kappa shape index (κ1) is 21.3. The third-order valence-electron chi connectivity index (χ3n) is 4.49. The average Bonchev–Trinajstić information content (AvgIpc) is 3.15. The Labute approximate surface area is 180 Å². The first-order valence-electron chi connectivity index (χ1n) is 9.70. The zero-order valence-electron chi connectivity index (χ0n) is 16.9. The van der Waals surface area contributed by atoms with Crippen LogP contribution in [-0.2, 0) is 0 Å². The van der Waals surface area contributed by atoms with E-state index in [1.54, 1.807) is 13.1 Å². The molecule has 0 unspecified atom stereocenters. The van der Waals surface area contributed by atoms with Crippen LogP contribution in [0.5, 0.6) is 11.5 Å². The molecule has 0 aliphatic carbocycles. The Kier molecular flexibility index (Phi) is 6.05. The van der Waals surface area contributed by atoms with Crippen molar-refractivity contribution in [1.82, 2.24) is 19.9 Å². The van der Waals surface area contributed by atoms with E-state index in [-0.39, 0.29) is 23.6 Å². The number of aromatic nitrogens is 3. The summed E-state index contributed by atoms with van der Waals surface area (Å²) < 4.78 is 51.1. The lowest BCUT2D eigenvalue weighted by Gasteiger charge is -2.21. The van der Waals surface area contributed by atoms with Crippen molar-refractivity contribution in [3.63, 3.8) is 0 Å². The summed E-state index contributed by atoms with van der Waals surface area (Å²) in [6.07, 6.45) is -1.59. The van der Waals surface area contributed by atoms with Gasteiger partial charge < -0.3 is 30.7 Å². The van der Waals surface area contributed by atoms with Gasteiger partial charge >= 0.3 is 6.03 Å². The summed E-state index contributed by atoms with van der Waals surface area (Å²) >= 11 is 0. The number of amides is 2. The van der Waals surface area contributed by atoms with E-state index in [1.807, 2.05) is 0 Å². The van der Waals surface area contributed by atoms with Crippen molar-refractivity contribution in [2.45, 2.75) is 12.8 Å². The average molecular weight is 451 g/mol. The molecule has 1 aromatic carbocycles. The predicted octanol–water partition coefficient (Wildman–Crippen LogP) is 3.20. The Morgan fingerprint density at radius 1 is 1.22 bits per heavy atom. The number of alkyl halides is 2. The van der Waals surface area contributed by atoms with Gasteiger partial charge in [-0.3, -0.25) is 0 Å².